The number of hydrogen-bond donors (Lipinski definition) is 2. The maximum atomic E-state index is 11.4. The number of nitrogens with zero attached hydrogens (tertiary/aromatic N) is 1. The number of nitrogens with one attached hydrogen (secondary N) is 1. The minimum Gasteiger partial charge on any atom is -0.464 e. The number of rotatable bonds is 9. The van der Waals surface area contributed by atoms with Crippen molar-refractivity contribution in [2.24, 2.45) is 5.73 Å². The van der Waals surface area contributed by atoms with Gasteiger partial charge in [0.15, 0.2) is 6.04 Å². The van der Waals surface area contributed by atoms with E-state index in [1.165, 1.54) is 0 Å². The fourth-order valence-electron chi connectivity index (χ4n) is 1.04. The van der Waals surface area contributed by atoms with Crippen LogP contribution in [0, 0.1) is 0 Å². The molecule has 1 atom stereocenters. The van der Waals surface area contributed by atoms with Crippen molar-refractivity contribution in [2.45, 2.75) is 13.0 Å². The summed E-state index contributed by atoms with van der Waals surface area (Å²) in [5.74, 6) is -1.27. The molecule has 0 aliphatic carbocycles. The molecule has 0 saturated carbocycles. The van der Waals surface area contributed by atoms with Crippen molar-refractivity contribution in [3.8, 4) is 0 Å². The molecular formula is C11H23N3O4. The van der Waals surface area contributed by atoms with Gasteiger partial charge in [-0.3, -0.25) is 4.79 Å². The third-order valence-electron chi connectivity index (χ3n) is 2.05. The van der Waals surface area contributed by atoms with Gasteiger partial charge in [0.25, 0.3) is 0 Å². The van der Waals surface area contributed by atoms with E-state index in [0.29, 0.717) is 19.8 Å². The van der Waals surface area contributed by atoms with E-state index in [9.17, 15) is 9.59 Å². The van der Waals surface area contributed by atoms with Crippen molar-refractivity contribution in [3.05, 3.63) is 0 Å². The van der Waals surface area contributed by atoms with E-state index >= 15 is 0 Å². The zero-order chi connectivity index (χ0) is 14.0. The summed E-state index contributed by atoms with van der Waals surface area (Å²) in [5, 5.41) is 2.51. The largest absolute Gasteiger partial charge is 0.464 e. The monoisotopic (exact) mass is 261 g/mol. The number of likely N-dealkylation sites (N-methyl/N-ethyl adjacent to an activating group) is 1. The summed E-state index contributed by atoms with van der Waals surface area (Å²) in [4.78, 5) is 24.5. The SMILES string of the molecule is CCOC(=O)C(N)C(=O)NCCOCCN(C)C. The highest BCUT2D eigenvalue weighted by Crippen LogP contribution is 1.86. The molecule has 0 saturated heterocycles. The summed E-state index contributed by atoms with van der Waals surface area (Å²) < 4.78 is 9.90. The van der Waals surface area contributed by atoms with E-state index in [-0.39, 0.29) is 6.61 Å². The maximum absolute atomic E-state index is 11.4. The van der Waals surface area contributed by atoms with Gasteiger partial charge in [0.2, 0.25) is 5.91 Å². The topological polar surface area (TPSA) is 93.9 Å². The van der Waals surface area contributed by atoms with Crippen molar-refractivity contribution in [1.29, 1.82) is 0 Å². The molecule has 0 spiro atoms. The fourth-order valence-corrected chi connectivity index (χ4v) is 1.04. The highest BCUT2D eigenvalue weighted by atomic mass is 16.5. The molecule has 0 aromatic heterocycles. The smallest absolute Gasteiger partial charge is 0.332 e. The first kappa shape index (κ1) is 16.8. The Labute approximate surface area is 108 Å². The lowest BCUT2D eigenvalue weighted by Gasteiger charge is -2.12. The summed E-state index contributed by atoms with van der Waals surface area (Å²) in [6.07, 6.45) is 0. The van der Waals surface area contributed by atoms with Crippen LogP contribution in [0.1, 0.15) is 6.92 Å². The third kappa shape index (κ3) is 7.99. The zero-order valence-corrected chi connectivity index (χ0v) is 11.3. The normalized spacial score (nSPS) is 12.3. The Morgan fingerprint density at radius 2 is 2.00 bits per heavy atom. The lowest BCUT2D eigenvalue weighted by molar-refractivity contribution is -0.148. The second-order valence-corrected chi connectivity index (χ2v) is 3.94. The lowest BCUT2D eigenvalue weighted by Crippen LogP contribution is -2.47. The zero-order valence-electron chi connectivity index (χ0n) is 11.3. The first-order valence-electron chi connectivity index (χ1n) is 5.91. The van der Waals surface area contributed by atoms with Gasteiger partial charge < -0.3 is 25.4 Å². The van der Waals surface area contributed by atoms with Crippen LogP contribution < -0.4 is 11.1 Å². The van der Waals surface area contributed by atoms with Crippen molar-refractivity contribution >= 4 is 11.9 Å². The molecule has 0 aliphatic heterocycles. The third-order valence-corrected chi connectivity index (χ3v) is 2.05. The van der Waals surface area contributed by atoms with E-state index < -0.39 is 17.9 Å². The number of amides is 1. The maximum Gasteiger partial charge on any atom is 0.332 e. The molecule has 7 nitrogen and oxygen atoms in total. The summed E-state index contributed by atoms with van der Waals surface area (Å²) >= 11 is 0. The molecule has 18 heavy (non-hydrogen) atoms. The van der Waals surface area contributed by atoms with Gasteiger partial charge in [0.1, 0.15) is 0 Å². The van der Waals surface area contributed by atoms with Crippen molar-refractivity contribution in [2.75, 3.05) is 47.0 Å². The van der Waals surface area contributed by atoms with Gasteiger partial charge in [0.05, 0.1) is 19.8 Å². The lowest BCUT2D eigenvalue weighted by atomic mass is 10.3. The van der Waals surface area contributed by atoms with Crippen molar-refractivity contribution in [3.63, 3.8) is 0 Å². The Morgan fingerprint density at radius 3 is 2.56 bits per heavy atom. The number of esters is 1. The minimum absolute atomic E-state index is 0.202. The number of carbonyl (C=O) groups excluding carboxylic acids is 2. The molecule has 1 amide bonds. The van der Waals surface area contributed by atoms with Crippen LogP contribution in [0.4, 0.5) is 0 Å². The Balaban J connectivity index is 3.61. The Bertz CT molecular complexity index is 259. The minimum atomic E-state index is -1.27. The van der Waals surface area contributed by atoms with Gasteiger partial charge in [-0.15, -0.1) is 0 Å². The van der Waals surface area contributed by atoms with Crippen molar-refractivity contribution in [1.82, 2.24) is 10.2 Å². The number of ether oxygens (including phenoxy) is 2. The standard InChI is InChI=1S/C11H23N3O4/c1-4-18-11(16)9(12)10(15)13-5-7-17-8-6-14(2)3/h9H,4-8,12H2,1-3H3,(H,13,15). The average molecular weight is 261 g/mol. The van der Waals surface area contributed by atoms with E-state index in [1.807, 2.05) is 19.0 Å². The highest BCUT2D eigenvalue weighted by molar-refractivity contribution is 6.01. The van der Waals surface area contributed by atoms with E-state index in [0.717, 1.165) is 6.54 Å². The van der Waals surface area contributed by atoms with Gasteiger partial charge in [-0.05, 0) is 21.0 Å². The Kier molecular flexibility index (Phi) is 9.17. The van der Waals surface area contributed by atoms with Gasteiger partial charge >= 0.3 is 5.97 Å². The molecule has 0 heterocycles. The van der Waals surface area contributed by atoms with Crippen LogP contribution in [0.25, 0.3) is 0 Å². The Morgan fingerprint density at radius 1 is 1.33 bits per heavy atom. The summed E-state index contributed by atoms with van der Waals surface area (Å²) in [6.45, 7) is 3.96. The van der Waals surface area contributed by atoms with Crippen LogP contribution in [-0.2, 0) is 19.1 Å². The van der Waals surface area contributed by atoms with Crippen LogP contribution in [-0.4, -0.2) is 69.8 Å². The van der Waals surface area contributed by atoms with E-state index in [4.69, 9.17) is 10.5 Å². The number of carbonyl (C=O) groups is 2. The molecule has 1 unspecified atom stereocenters. The second-order valence-electron chi connectivity index (χ2n) is 3.94. The van der Waals surface area contributed by atoms with E-state index in [1.54, 1.807) is 6.92 Å². The van der Waals surface area contributed by atoms with Gasteiger partial charge in [0, 0.05) is 13.1 Å². The van der Waals surface area contributed by atoms with Gasteiger partial charge in [-0.2, -0.15) is 0 Å². The molecule has 0 rings (SSSR count). The van der Waals surface area contributed by atoms with Gasteiger partial charge in [-0.1, -0.05) is 0 Å². The number of nitrogens with two attached hydrogens (primary N) is 1. The van der Waals surface area contributed by atoms with Crippen LogP contribution in [0.2, 0.25) is 0 Å². The van der Waals surface area contributed by atoms with E-state index in [2.05, 4.69) is 10.1 Å². The Hall–Kier alpha value is -1.18. The van der Waals surface area contributed by atoms with Crippen LogP contribution in [0.15, 0.2) is 0 Å². The summed E-state index contributed by atoms with van der Waals surface area (Å²) in [5.41, 5.74) is 5.39. The predicted molar refractivity (Wildman–Crippen MR) is 67.0 cm³/mol. The number of hydrogen-bond acceptors (Lipinski definition) is 6. The predicted octanol–water partition coefficient (Wildman–Crippen LogP) is -1.43. The van der Waals surface area contributed by atoms with Gasteiger partial charge in [-0.25, -0.2) is 4.79 Å². The summed E-state index contributed by atoms with van der Waals surface area (Å²) in [7, 11) is 3.90. The first-order chi connectivity index (χ1) is 8.49. The molecule has 7 heteroatoms. The molecule has 0 fully saturated rings. The molecule has 0 bridgehead atoms. The van der Waals surface area contributed by atoms with Crippen LogP contribution in [0.3, 0.4) is 0 Å². The molecule has 106 valence electrons. The molecule has 0 aromatic rings. The first-order valence-corrected chi connectivity index (χ1v) is 5.91. The second kappa shape index (κ2) is 9.81. The molecule has 0 aromatic carbocycles. The quantitative estimate of drug-likeness (QED) is 0.300. The van der Waals surface area contributed by atoms with Crippen LogP contribution >= 0.6 is 0 Å². The molecular weight excluding hydrogens is 238 g/mol. The average Bonchev–Trinajstić information content (AvgIpc) is 2.32. The molecule has 3 N–H and O–H groups in total. The van der Waals surface area contributed by atoms with Crippen molar-refractivity contribution < 1.29 is 19.1 Å². The highest BCUT2D eigenvalue weighted by Gasteiger charge is 2.22. The molecule has 0 radical (unpaired) electrons. The molecule has 0 aliphatic rings. The fraction of sp³-hybridized carbons (Fsp3) is 0.818. The van der Waals surface area contributed by atoms with Crippen LogP contribution in [0.5, 0.6) is 0 Å². The summed E-state index contributed by atoms with van der Waals surface area (Å²) in [6, 6.07) is -1.27.